The van der Waals surface area contributed by atoms with Crippen molar-refractivity contribution in [1.82, 2.24) is 35.3 Å². The van der Waals surface area contributed by atoms with Gasteiger partial charge in [-0.3, -0.25) is 34.5 Å². The predicted octanol–water partition coefficient (Wildman–Crippen LogP) is 5.48. The third-order valence-electron chi connectivity index (χ3n) is 11.0. The number of rotatable bonds is 20. The lowest BCUT2D eigenvalue weighted by atomic mass is 10.1. The SMILES string of the molecule is COc1cccc(CN(CCOC(=O)[C@H](C)OC(=O)[C@H](C)OC(=O)CCC(=O)N(C2=NCCN2)c2ccc3nccnc3c2Br)C(=O)Nc2ccc(-c3cn[nH]c3)cc2OCCN2CCCC2)c1. The number of H-pyrrole nitrogens is 1. The summed E-state index contributed by atoms with van der Waals surface area (Å²) in [6.45, 7) is 6.62. The number of likely N-dealkylation sites (tertiary alicyclic amines) is 1. The highest BCUT2D eigenvalue weighted by atomic mass is 79.9. The molecular formula is C47H53BrN10O10. The van der Waals surface area contributed by atoms with Gasteiger partial charge in [-0.15, -0.1) is 0 Å². The molecule has 3 amide bonds. The Hall–Kier alpha value is -7.13. The third kappa shape index (κ3) is 12.8. The molecule has 0 unspecified atom stereocenters. The summed E-state index contributed by atoms with van der Waals surface area (Å²) in [5.41, 5.74) is 4.50. The Balaban J connectivity index is 0.924. The Kier molecular flexibility index (Phi) is 16.9. The number of aromatic nitrogens is 4. The molecule has 2 aliphatic rings. The fraction of sp³-hybridized carbons (Fsp3) is 0.383. The number of aromatic amines is 1. The maximum Gasteiger partial charge on any atom is 0.347 e. The van der Waals surface area contributed by atoms with E-state index in [1.165, 1.54) is 29.8 Å². The smallest absolute Gasteiger partial charge is 0.347 e. The van der Waals surface area contributed by atoms with Crippen LogP contribution in [0, 0.1) is 0 Å². The summed E-state index contributed by atoms with van der Waals surface area (Å²) in [7, 11) is 1.55. The number of halogens is 1. The number of ether oxygens (including phenoxy) is 5. The number of hydrogen-bond donors (Lipinski definition) is 3. The van der Waals surface area contributed by atoms with Crippen molar-refractivity contribution in [2.75, 3.05) is 69.8 Å². The minimum Gasteiger partial charge on any atom is -0.497 e. The van der Waals surface area contributed by atoms with E-state index in [1.807, 2.05) is 18.2 Å². The fourth-order valence-electron chi connectivity index (χ4n) is 7.45. The molecule has 0 radical (unpaired) electrons. The summed E-state index contributed by atoms with van der Waals surface area (Å²) < 4.78 is 28.3. The second kappa shape index (κ2) is 23.5. The van der Waals surface area contributed by atoms with Crippen LogP contribution >= 0.6 is 15.9 Å². The Morgan fingerprint density at radius 2 is 1.72 bits per heavy atom. The second-order valence-corrected chi connectivity index (χ2v) is 16.7. The topological polar surface area (TPSA) is 232 Å². The van der Waals surface area contributed by atoms with E-state index in [-0.39, 0.29) is 32.5 Å². The summed E-state index contributed by atoms with van der Waals surface area (Å²) in [6.07, 6.45) is 5.42. The average molecular weight is 998 g/mol. The van der Waals surface area contributed by atoms with Crippen molar-refractivity contribution in [1.29, 1.82) is 0 Å². The van der Waals surface area contributed by atoms with Crippen LogP contribution in [-0.2, 0) is 39.9 Å². The first-order valence-electron chi connectivity index (χ1n) is 22.2. The maximum atomic E-state index is 14.1. The maximum absolute atomic E-state index is 14.1. The standard InChI is InChI=1S/C47H53BrN10O10/c1-30(68-45(62)31(2)67-41(60)14-13-40(59)58(46-51-17-18-52-46)38-12-11-37-43(42(38)48)50-16-15-49-37)44(61)66-24-22-57(29-32-7-6-8-35(25-32)64-3)47(63)55-36-10-9-33(34-27-53-54-28-34)26-39(36)65-23-21-56-19-4-5-20-56/h6-12,15-16,25-28,30-31H,4-5,13-14,17-24,29H2,1-3H3,(H,51,52)(H,53,54)(H,55,63)/t30-,31-/m0/s1. The molecule has 7 rings (SSSR count). The number of hydrogen-bond acceptors (Lipinski definition) is 16. The number of carbonyl (C=O) groups is 5. The van der Waals surface area contributed by atoms with Crippen LogP contribution in [0.4, 0.5) is 16.2 Å². The predicted molar refractivity (Wildman–Crippen MR) is 254 cm³/mol. The third-order valence-corrected chi connectivity index (χ3v) is 11.8. The van der Waals surface area contributed by atoms with Gasteiger partial charge in [0.05, 0.1) is 54.2 Å². The number of anilines is 2. The normalized spacial score (nSPS) is 14.3. The van der Waals surface area contributed by atoms with Crippen molar-refractivity contribution in [3.63, 3.8) is 0 Å². The van der Waals surface area contributed by atoms with E-state index in [4.69, 9.17) is 23.7 Å². The van der Waals surface area contributed by atoms with Gasteiger partial charge in [-0.1, -0.05) is 18.2 Å². The lowest BCUT2D eigenvalue weighted by Gasteiger charge is -2.25. The quantitative estimate of drug-likeness (QED) is 0.0648. The van der Waals surface area contributed by atoms with Gasteiger partial charge in [0.25, 0.3) is 0 Å². The number of carbonyl (C=O) groups excluding carboxylic acids is 5. The van der Waals surface area contributed by atoms with Crippen LogP contribution in [0.3, 0.4) is 0 Å². The summed E-state index contributed by atoms with van der Waals surface area (Å²) in [5, 5.41) is 13.0. The lowest BCUT2D eigenvalue weighted by Crippen LogP contribution is -2.43. The highest BCUT2D eigenvalue weighted by Gasteiger charge is 2.30. The Bertz CT molecular complexity index is 2610. The van der Waals surface area contributed by atoms with Crippen molar-refractivity contribution < 1.29 is 47.7 Å². The molecule has 21 heteroatoms. The van der Waals surface area contributed by atoms with E-state index in [2.05, 4.69) is 56.6 Å². The largest absolute Gasteiger partial charge is 0.497 e. The molecule has 0 aliphatic carbocycles. The summed E-state index contributed by atoms with van der Waals surface area (Å²) in [5.74, 6) is -1.80. The van der Waals surface area contributed by atoms with Crippen molar-refractivity contribution in [2.45, 2.75) is 58.3 Å². The van der Waals surface area contributed by atoms with Gasteiger partial charge in [-0.05, 0) is 103 Å². The van der Waals surface area contributed by atoms with Gasteiger partial charge in [-0.2, -0.15) is 5.10 Å². The highest BCUT2D eigenvalue weighted by molar-refractivity contribution is 9.10. The van der Waals surface area contributed by atoms with Crippen LogP contribution < -0.4 is 25.0 Å². The molecule has 4 heterocycles. The minimum absolute atomic E-state index is 0.0484. The molecule has 5 aromatic rings. The molecule has 20 nitrogen and oxygen atoms in total. The molecule has 2 aromatic heterocycles. The Morgan fingerprint density at radius 3 is 2.49 bits per heavy atom. The number of methoxy groups -OCH3 is 1. The second-order valence-electron chi connectivity index (χ2n) is 15.9. The molecule has 1 fully saturated rings. The first-order chi connectivity index (χ1) is 33.0. The number of nitrogens with one attached hydrogen (secondary N) is 3. The minimum atomic E-state index is -1.41. The molecule has 68 heavy (non-hydrogen) atoms. The average Bonchev–Trinajstić information content (AvgIpc) is 4.18. The number of guanidine groups is 1. The zero-order valence-corrected chi connectivity index (χ0v) is 39.5. The van der Waals surface area contributed by atoms with Crippen LogP contribution in [0.5, 0.6) is 11.5 Å². The molecule has 0 saturated carbocycles. The van der Waals surface area contributed by atoms with Crippen LogP contribution in [0.2, 0.25) is 0 Å². The molecule has 3 N–H and O–H groups in total. The van der Waals surface area contributed by atoms with E-state index in [9.17, 15) is 24.0 Å². The van der Waals surface area contributed by atoms with Gasteiger partial charge in [0, 0.05) is 50.2 Å². The zero-order chi connectivity index (χ0) is 48.0. The molecule has 358 valence electrons. The molecule has 2 aliphatic heterocycles. The van der Waals surface area contributed by atoms with E-state index < -0.39 is 42.1 Å². The van der Waals surface area contributed by atoms with Crippen LogP contribution in [-0.4, -0.2) is 138 Å². The number of aliphatic imine (C=N–C) groups is 1. The van der Waals surface area contributed by atoms with E-state index in [1.54, 1.807) is 62.1 Å². The van der Waals surface area contributed by atoms with Gasteiger partial charge in [0.2, 0.25) is 11.9 Å². The van der Waals surface area contributed by atoms with Gasteiger partial charge in [-0.25, -0.2) is 19.3 Å². The molecule has 3 aromatic carbocycles. The van der Waals surface area contributed by atoms with Crippen LogP contribution in [0.15, 0.2) is 88.8 Å². The molecule has 2 atom stereocenters. The van der Waals surface area contributed by atoms with E-state index >= 15 is 0 Å². The van der Waals surface area contributed by atoms with E-state index in [0.29, 0.717) is 64.0 Å². The van der Waals surface area contributed by atoms with Gasteiger partial charge in [0.15, 0.2) is 12.2 Å². The van der Waals surface area contributed by atoms with Gasteiger partial charge < -0.3 is 39.2 Å². The Morgan fingerprint density at radius 1 is 0.912 bits per heavy atom. The molecule has 0 spiro atoms. The summed E-state index contributed by atoms with van der Waals surface area (Å²) >= 11 is 3.55. The monoisotopic (exact) mass is 996 g/mol. The number of fused-ring (bicyclic) bond motifs is 1. The van der Waals surface area contributed by atoms with Crippen molar-refractivity contribution in [3.05, 3.63) is 89.4 Å². The molecule has 1 saturated heterocycles. The van der Waals surface area contributed by atoms with Crippen LogP contribution in [0.25, 0.3) is 22.2 Å². The number of nitrogens with zero attached hydrogens (tertiary/aromatic N) is 7. The Labute approximate surface area is 400 Å². The first-order valence-corrected chi connectivity index (χ1v) is 23.0. The molecular weight excluding hydrogens is 944 g/mol. The molecule has 0 bridgehead atoms. The van der Waals surface area contributed by atoms with Crippen molar-refractivity contribution in [3.8, 4) is 22.6 Å². The number of urea groups is 1. The summed E-state index contributed by atoms with van der Waals surface area (Å²) in [4.78, 5) is 84.9. The van der Waals surface area contributed by atoms with Crippen LogP contribution in [0.1, 0.15) is 45.1 Å². The highest BCUT2D eigenvalue weighted by Crippen LogP contribution is 2.34. The van der Waals surface area contributed by atoms with Crippen molar-refractivity contribution in [2.24, 2.45) is 4.99 Å². The lowest BCUT2D eigenvalue weighted by molar-refractivity contribution is -0.177. The number of benzene rings is 3. The first kappa shape index (κ1) is 48.8. The van der Waals surface area contributed by atoms with Crippen molar-refractivity contribution >= 4 is 74.1 Å². The number of esters is 3. The number of amides is 3. The van der Waals surface area contributed by atoms with E-state index in [0.717, 1.165) is 49.2 Å². The van der Waals surface area contributed by atoms with Gasteiger partial charge >= 0.3 is 23.9 Å². The summed E-state index contributed by atoms with van der Waals surface area (Å²) in [6, 6.07) is 15.6. The zero-order valence-electron chi connectivity index (χ0n) is 37.9. The van der Waals surface area contributed by atoms with Gasteiger partial charge in [0.1, 0.15) is 30.2 Å². The fourth-order valence-corrected chi connectivity index (χ4v) is 8.06.